The number of benzene rings is 1. The number of hydrogen-bond donors (Lipinski definition) is 2. The van der Waals surface area contributed by atoms with Gasteiger partial charge in [0.05, 0.1) is 13.2 Å². The van der Waals surface area contributed by atoms with E-state index in [2.05, 4.69) is 22.4 Å². The summed E-state index contributed by atoms with van der Waals surface area (Å²) in [6.45, 7) is 3.34. The van der Waals surface area contributed by atoms with E-state index in [1.807, 2.05) is 19.1 Å². The molecule has 1 unspecified atom stereocenters. The minimum Gasteiger partial charge on any atom is -0.383 e. The van der Waals surface area contributed by atoms with Gasteiger partial charge in [-0.25, -0.2) is 0 Å². The third kappa shape index (κ3) is 4.11. The molecule has 0 spiro atoms. The van der Waals surface area contributed by atoms with Crippen molar-refractivity contribution < 1.29 is 4.74 Å². The molecule has 1 aliphatic carbocycles. The molecular weight excluding hydrogens is 286 g/mol. The van der Waals surface area contributed by atoms with Crippen molar-refractivity contribution in [3.8, 4) is 0 Å². The monoisotopic (exact) mass is 309 g/mol. The molecule has 2 rings (SSSR count). The van der Waals surface area contributed by atoms with Crippen LogP contribution in [0.4, 0.5) is 0 Å². The van der Waals surface area contributed by atoms with Gasteiger partial charge in [0, 0.05) is 23.6 Å². The molecule has 1 atom stereocenters. The molecule has 5 heteroatoms. The van der Waals surface area contributed by atoms with E-state index in [1.165, 1.54) is 12.0 Å². The van der Waals surface area contributed by atoms with Crippen LogP contribution in [0.25, 0.3) is 0 Å². The third-order valence-electron chi connectivity index (χ3n) is 4.13. The van der Waals surface area contributed by atoms with Gasteiger partial charge in [-0.05, 0) is 37.5 Å². The number of nitrogens with zero attached hydrogens (tertiary/aromatic N) is 1. The third-order valence-corrected chi connectivity index (χ3v) is 4.38. The van der Waals surface area contributed by atoms with Gasteiger partial charge in [-0.2, -0.15) is 0 Å². The molecule has 0 radical (unpaired) electrons. The fraction of sp³-hybridized carbons (Fsp3) is 0.562. The molecule has 0 heterocycles. The summed E-state index contributed by atoms with van der Waals surface area (Å²) in [7, 11) is 1.68. The van der Waals surface area contributed by atoms with Gasteiger partial charge >= 0.3 is 0 Å². The fourth-order valence-electron chi connectivity index (χ4n) is 2.77. The lowest BCUT2D eigenvalue weighted by Crippen LogP contribution is -2.43. The van der Waals surface area contributed by atoms with Gasteiger partial charge in [-0.15, -0.1) is 0 Å². The molecule has 1 aromatic rings. The first-order valence-electron chi connectivity index (χ1n) is 7.37. The average Bonchev–Trinajstić information content (AvgIpc) is 2.39. The number of rotatable bonds is 6. The second-order valence-corrected chi connectivity index (χ2v) is 6.28. The van der Waals surface area contributed by atoms with Gasteiger partial charge in [-0.1, -0.05) is 30.2 Å². The second-order valence-electron chi connectivity index (χ2n) is 5.84. The van der Waals surface area contributed by atoms with Crippen molar-refractivity contribution in [2.24, 2.45) is 10.7 Å². The summed E-state index contributed by atoms with van der Waals surface area (Å²) in [5.74, 6) is 0.486. The second kappa shape index (κ2) is 7.14. The van der Waals surface area contributed by atoms with E-state index < -0.39 is 0 Å². The number of halogens is 1. The lowest BCUT2D eigenvalue weighted by atomic mass is 9.64. The Labute approximate surface area is 131 Å². The summed E-state index contributed by atoms with van der Waals surface area (Å²) < 4.78 is 5.08. The molecule has 21 heavy (non-hydrogen) atoms. The van der Waals surface area contributed by atoms with Crippen LogP contribution in [0.5, 0.6) is 0 Å². The van der Waals surface area contributed by atoms with Gasteiger partial charge in [-0.3, -0.25) is 4.99 Å². The molecule has 1 aromatic carbocycles. The molecule has 0 saturated heterocycles. The van der Waals surface area contributed by atoms with E-state index in [1.54, 1.807) is 7.11 Å². The van der Waals surface area contributed by atoms with Crippen LogP contribution < -0.4 is 11.1 Å². The first-order chi connectivity index (χ1) is 10.1. The summed E-state index contributed by atoms with van der Waals surface area (Å²) in [6.07, 6.45) is 3.55. The lowest BCUT2D eigenvalue weighted by molar-refractivity contribution is 0.179. The van der Waals surface area contributed by atoms with Crippen LogP contribution in [0, 0.1) is 0 Å². The molecule has 0 aromatic heterocycles. The van der Waals surface area contributed by atoms with Crippen molar-refractivity contribution in [2.45, 2.75) is 37.6 Å². The summed E-state index contributed by atoms with van der Waals surface area (Å²) in [5, 5.41) is 3.91. The van der Waals surface area contributed by atoms with E-state index in [0.717, 1.165) is 17.9 Å². The van der Waals surface area contributed by atoms with Crippen LogP contribution >= 0.6 is 11.6 Å². The lowest BCUT2D eigenvalue weighted by Gasteiger charge is -2.41. The summed E-state index contributed by atoms with van der Waals surface area (Å²) >= 11 is 5.97. The van der Waals surface area contributed by atoms with E-state index in [0.29, 0.717) is 19.1 Å². The van der Waals surface area contributed by atoms with E-state index >= 15 is 0 Å². The zero-order valence-electron chi connectivity index (χ0n) is 12.7. The number of ether oxygens (including phenoxy) is 1. The first-order valence-corrected chi connectivity index (χ1v) is 7.75. The zero-order valence-corrected chi connectivity index (χ0v) is 13.5. The number of hydrogen-bond acceptors (Lipinski definition) is 2. The highest BCUT2D eigenvalue weighted by molar-refractivity contribution is 6.30. The highest BCUT2D eigenvalue weighted by Gasteiger charge is 2.38. The molecule has 4 nitrogen and oxygen atoms in total. The molecule has 1 aliphatic rings. The highest BCUT2D eigenvalue weighted by atomic mass is 35.5. The zero-order chi connectivity index (χ0) is 15.3. The minimum absolute atomic E-state index is 0.126. The number of methoxy groups -OCH3 is 1. The molecule has 116 valence electrons. The minimum atomic E-state index is 0.126. The van der Waals surface area contributed by atoms with Crippen molar-refractivity contribution in [1.29, 1.82) is 0 Å². The first kappa shape index (κ1) is 16.1. The standard InChI is InChI=1S/C16H24ClN3O/c1-12(10-21-2)20-15(18)19-11-16(8-3-9-16)13-4-6-14(17)7-5-13/h4-7,12H,3,8-11H2,1-2H3,(H3,18,19,20). The fourth-order valence-corrected chi connectivity index (χ4v) is 2.90. The van der Waals surface area contributed by atoms with Crippen molar-refractivity contribution >= 4 is 17.6 Å². The smallest absolute Gasteiger partial charge is 0.188 e. The van der Waals surface area contributed by atoms with Crippen LogP contribution in [-0.4, -0.2) is 32.3 Å². The Morgan fingerprint density at radius 2 is 2.10 bits per heavy atom. The molecule has 0 aliphatic heterocycles. The van der Waals surface area contributed by atoms with E-state index in [9.17, 15) is 0 Å². The van der Waals surface area contributed by atoms with Crippen LogP contribution in [0.2, 0.25) is 5.02 Å². The van der Waals surface area contributed by atoms with Crippen LogP contribution in [0.15, 0.2) is 29.3 Å². The predicted octanol–water partition coefficient (Wildman–Crippen LogP) is 2.70. The Morgan fingerprint density at radius 3 is 2.62 bits per heavy atom. The maximum Gasteiger partial charge on any atom is 0.188 e. The predicted molar refractivity (Wildman–Crippen MR) is 87.9 cm³/mol. The van der Waals surface area contributed by atoms with Crippen LogP contribution in [0.1, 0.15) is 31.7 Å². The Balaban J connectivity index is 2.00. The maximum atomic E-state index is 5.97. The Hall–Kier alpha value is -1.26. The van der Waals surface area contributed by atoms with Crippen LogP contribution in [0.3, 0.4) is 0 Å². The van der Waals surface area contributed by atoms with E-state index in [-0.39, 0.29) is 11.5 Å². The molecule has 1 saturated carbocycles. The van der Waals surface area contributed by atoms with Crippen molar-refractivity contribution in [1.82, 2.24) is 5.32 Å². The largest absolute Gasteiger partial charge is 0.383 e. The molecule has 0 bridgehead atoms. The van der Waals surface area contributed by atoms with Crippen LogP contribution in [-0.2, 0) is 10.2 Å². The van der Waals surface area contributed by atoms with Gasteiger partial charge in [0.2, 0.25) is 0 Å². The summed E-state index contributed by atoms with van der Waals surface area (Å²) in [4.78, 5) is 4.53. The molecule has 0 amide bonds. The summed E-state index contributed by atoms with van der Waals surface area (Å²) in [6, 6.07) is 8.26. The molecular formula is C16H24ClN3O. The van der Waals surface area contributed by atoms with Crippen molar-refractivity contribution in [2.75, 3.05) is 20.3 Å². The SMILES string of the molecule is COCC(C)NC(N)=NCC1(c2ccc(Cl)cc2)CCC1. The topological polar surface area (TPSA) is 59.6 Å². The van der Waals surface area contributed by atoms with Gasteiger partial charge in [0.15, 0.2) is 5.96 Å². The number of guanidine groups is 1. The Kier molecular flexibility index (Phi) is 5.48. The number of nitrogens with two attached hydrogens (primary N) is 1. The number of nitrogens with one attached hydrogen (secondary N) is 1. The Bertz CT molecular complexity index is 483. The van der Waals surface area contributed by atoms with E-state index in [4.69, 9.17) is 22.1 Å². The number of aliphatic imine (C=N–C) groups is 1. The molecule has 1 fully saturated rings. The average molecular weight is 310 g/mol. The van der Waals surface area contributed by atoms with Crippen molar-refractivity contribution in [3.05, 3.63) is 34.9 Å². The van der Waals surface area contributed by atoms with Gasteiger partial charge in [0.1, 0.15) is 0 Å². The van der Waals surface area contributed by atoms with Gasteiger partial charge in [0.25, 0.3) is 0 Å². The summed E-state index contributed by atoms with van der Waals surface area (Å²) in [5.41, 5.74) is 7.39. The maximum absolute atomic E-state index is 5.97. The van der Waals surface area contributed by atoms with Crippen molar-refractivity contribution in [3.63, 3.8) is 0 Å². The van der Waals surface area contributed by atoms with Gasteiger partial charge < -0.3 is 15.8 Å². The normalized spacial score (nSPS) is 18.9. The Morgan fingerprint density at radius 1 is 1.43 bits per heavy atom. The molecule has 3 N–H and O–H groups in total. The quantitative estimate of drug-likeness (QED) is 0.627. The highest BCUT2D eigenvalue weighted by Crippen LogP contribution is 2.44.